The molecule has 3 aromatic carbocycles. The second-order valence-electron chi connectivity index (χ2n) is 9.30. The molecule has 13 heteroatoms. The maximum Gasteiger partial charge on any atom is 0.416 e. The van der Waals surface area contributed by atoms with Gasteiger partial charge in [0.15, 0.2) is 0 Å². The molecule has 2 heterocycles. The quantitative estimate of drug-likeness (QED) is 0.342. The fourth-order valence-corrected chi connectivity index (χ4v) is 5.66. The van der Waals surface area contributed by atoms with Crippen molar-refractivity contribution in [2.45, 2.75) is 11.1 Å². The Morgan fingerprint density at radius 2 is 1.39 bits per heavy atom. The summed E-state index contributed by atoms with van der Waals surface area (Å²) in [5, 5.41) is 3.26. The molecular weight excluding hydrogens is 559 g/mol. The lowest BCUT2D eigenvalue weighted by molar-refractivity contribution is -0.137. The van der Waals surface area contributed by atoms with Gasteiger partial charge in [0.1, 0.15) is 4.90 Å². The number of hydrogen-bond donors (Lipinski definition) is 2. The second kappa shape index (κ2) is 11.1. The molecule has 1 aliphatic rings. The molecule has 0 unspecified atom stereocenters. The van der Waals surface area contributed by atoms with Crippen molar-refractivity contribution < 1.29 is 31.2 Å². The largest absolute Gasteiger partial charge is 0.416 e. The van der Waals surface area contributed by atoms with Crippen molar-refractivity contribution in [3.63, 3.8) is 0 Å². The van der Waals surface area contributed by atoms with Crippen LogP contribution in [0.3, 0.4) is 0 Å². The summed E-state index contributed by atoms with van der Waals surface area (Å²) in [6.45, 7) is 0.966. The van der Waals surface area contributed by atoms with Gasteiger partial charge < -0.3 is 15.1 Å². The third kappa shape index (κ3) is 6.24. The van der Waals surface area contributed by atoms with E-state index >= 15 is 0 Å². The summed E-state index contributed by atoms with van der Waals surface area (Å²) in [6.07, 6.45) is -2.94. The van der Waals surface area contributed by atoms with Crippen molar-refractivity contribution in [3.05, 3.63) is 96.2 Å². The second-order valence-corrected chi connectivity index (χ2v) is 10.9. The van der Waals surface area contributed by atoms with Gasteiger partial charge in [-0.1, -0.05) is 18.2 Å². The number of urea groups is 1. The maximum atomic E-state index is 13.0. The third-order valence-corrected chi connectivity index (χ3v) is 8.00. The molecular formula is C28H24F3N5O4S. The van der Waals surface area contributed by atoms with E-state index in [-0.39, 0.29) is 48.4 Å². The summed E-state index contributed by atoms with van der Waals surface area (Å²) in [6, 6.07) is 18.1. The molecule has 1 aliphatic heterocycles. The molecule has 0 aliphatic carbocycles. The van der Waals surface area contributed by atoms with Gasteiger partial charge in [-0.2, -0.15) is 13.2 Å². The zero-order valence-corrected chi connectivity index (χ0v) is 22.2. The van der Waals surface area contributed by atoms with Gasteiger partial charge in [0.25, 0.3) is 15.9 Å². The number of aromatic nitrogens is 1. The maximum absolute atomic E-state index is 13.0. The molecule has 41 heavy (non-hydrogen) atoms. The molecule has 9 nitrogen and oxygen atoms in total. The molecule has 0 atom stereocenters. The number of amides is 3. The van der Waals surface area contributed by atoms with E-state index in [9.17, 15) is 31.2 Å². The molecule has 1 saturated heterocycles. The van der Waals surface area contributed by atoms with E-state index in [0.29, 0.717) is 16.5 Å². The molecule has 1 fully saturated rings. The number of hydrogen-bond acceptors (Lipinski definition) is 5. The number of halogens is 3. The van der Waals surface area contributed by atoms with Gasteiger partial charge in [-0.25, -0.2) is 13.2 Å². The van der Waals surface area contributed by atoms with Crippen molar-refractivity contribution in [1.29, 1.82) is 0 Å². The first-order valence-electron chi connectivity index (χ1n) is 12.5. The van der Waals surface area contributed by atoms with Crippen LogP contribution < -0.4 is 10.0 Å². The van der Waals surface area contributed by atoms with Crippen molar-refractivity contribution in [2.24, 2.45) is 0 Å². The fourth-order valence-electron chi connectivity index (χ4n) is 4.42. The summed E-state index contributed by atoms with van der Waals surface area (Å²) >= 11 is 0. The summed E-state index contributed by atoms with van der Waals surface area (Å²) in [5.74, 6) is -0.277. The number of carbonyl (C=O) groups excluding carboxylic acids is 2. The van der Waals surface area contributed by atoms with Crippen LogP contribution in [0.1, 0.15) is 15.9 Å². The van der Waals surface area contributed by atoms with E-state index in [1.54, 1.807) is 29.2 Å². The Morgan fingerprint density at radius 3 is 2.05 bits per heavy atom. The van der Waals surface area contributed by atoms with Crippen molar-refractivity contribution in [1.82, 2.24) is 14.8 Å². The normalized spacial score (nSPS) is 14.1. The fraction of sp³-hybridized carbons (Fsp3) is 0.179. The van der Waals surface area contributed by atoms with Gasteiger partial charge in [0.2, 0.25) is 0 Å². The highest BCUT2D eigenvalue weighted by atomic mass is 32.2. The smallest absolute Gasteiger partial charge is 0.335 e. The molecule has 212 valence electrons. The van der Waals surface area contributed by atoms with E-state index in [0.717, 1.165) is 12.1 Å². The Labute approximate surface area is 233 Å². The van der Waals surface area contributed by atoms with Crippen LogP contribution in [0.25, 0.3) is 10.9 Å². The van der Waals surface area contributed by atoms with Crippen molar-refractivity contribution in [2.75, 3.05) is 36.2 Å². The molecule has 4 aromatic rings. The predicted molar refractivity (Wildman–Crippen MR) is 147 cm³/mol. The van der Waals surface area contributed by atoms with Crippen LogP contribution in [0.5, 0.6) is 0 Å². The van der Waals surface area contributed by atoms with Gasteiger partial charge in [0, 0.05) is 54.7 Å². The first-order chi connectivity index (χ1) is 19.5. The van der Waals surface area contributed by atoms with E-state index < -0.39 is 27.8 Å². The van der Waals surface area contributed by atoms with Gasteiger partial charge in [0.05, 0.1) is 11.1 Å². The van der Waals surface area contributed by atoms with Crippen LogP contribution in [0.4, 0.5) is 29.3 Å². The van der Waals surface area contributed by atoms with Crippen LogP contribution >= 0.6 is 0 Å². The number of sulfonamides is 1. The zero-order chi connectivity index (χ0) is 29.2. The lowest BCUT2D eigenvalue weighted by Crippen LogP contribution is -2.51. The Morgan fingerprint density at radius 1 is 0.780 bits per heavy atom. The Hall–Kier alpha value is -4.65. The lowest BCUT2D eigenvalue weighted by Gasteiger charge is -2.34. The summed E-state index contributed by atoms with van der Waals surface area (Å²) in [5.41, 5.74) is 0.396. The number of benzene rings is 3. The molecule has 0 radical (unpaired) electrons. The lowest BCUT2D eigenvalue weighted by atomic mass is 10.1. The van der Waals surface area contributed by atoms with E-state index in [1.807, 2.05) is 0 Å². The van der Waals surface area contributed by atoms with Crippen LogP contribution in [0, 0.1) is 0 Å². The third-order valence-electron chi connectivity index (χ3n) is 6.59. The van der Waals surface area contributed by atoms with E-state index in [1.165, 1.54) is 53.6 Å². The number of piperazine rings is 1. The van der Waals surface area contributed by atoms with Crippen LogP contribution in [0.15, 0.2) is 90.0 Å². The topological polar surface area (TPSA) is 112 Å². The number of alkyl halides is 3. The first kappa shape index (κ1) is 27.9. The highest BCUT2D eigenvalue weighted by molar-refractivity contribution is 7.93. The molecule has 0 bridgehead atoms. The highest BCUT2D eigenvalue weighted by Gasteiger charge is 2.30. The van der Waals surface area contributed by atoms with E-state index in [4.69, 9.17) is 0 Å². The number of rotatable bonds is 5. The van der Waals surface area contributed by atoms with Gasteiger partial charge >= 0.3 is 12.2 Å². The molecule has 5 rings (SSSR count). The average Bonchev–Trinajstić information content (AvgIpc) is 2.96. The van der Waals surface area contributed by atoms with Crippen LogP contribution in [-0.4, -0.2) is 61.3 Å². The Bertz CT molecular complexity index is 1680. The summed E-state index contributed by atoms with van der Waals surface area (Å²) in [7, 11) is -3.94. The van der Waals surface area contributed by atoms with Gasteiger partial charge in [-0.05, 0) is 60.7 Å². The van der Waals surface area contributed by atoms with Crippen LogP contribution in [-0.2, 0) is 16.2 Å². The molecule has 3 amide bonds. The standard InChI is InChI=1S/C28H24F3N5O4S/c29-28(30,31)21-8-12-22(13-9-21)33-27(38)36-17-15-35(16-18-36)26(37)20-6-10-23(11-7-20)34-41(39,40)24-5-1-3-19-4-2-14-32-25(19)24/h1-14,34H,15-18H2,(H,33,38). The van der Waals surface area contributed by atoms with Crippen LogP contribution in [0.2, 0.25) is 0 Å². The SMILES string of the molecule is O=C(Nc1ccc(C(F)(F)F)cc1)N1CCN(C(=O)c2ccc(NS(=O)(=O)c3cccc4cccnc34)cc2)CC1. The molecule has 1 aromatic heterocycles. The number of nitrogens with zero attached hydrogens (tertiary/aromatic N) is 3. The first-order valence-corrected chi connectivity index (χ1v) is 14.0. The number of fused-ring (bicyclic) bond motifs is 1. The predicted octanol–water partition coefficient (Wildman–Crippen LogP) is 5.04. The minimum atomic E-state index is -4.46. The van der Waals surface area contributed by atoms with Gasteiger partial charge in [-0.15, -0.1) is 0 Å². The zero-order valence-electron chi connectivity index (χ0n) is 21.4. The Kier molecular flexibility index (Phi) is 7.54. The number of nitrogens with one attached hydrogen (secondary N) is 2. The summed E-state index contributed by atoms with van der Waals surface area (Å²) in [4.78, 5) is 32.8. The monoisotopic (exact) mass is 583 g/mol. The minimum absolute atomic E-state index is 0.0379. The number of anilines is 2. The highest BCUT2D eigenvalue weighted by Crippen LogP contribution is 2.30. The average molecular weight is 584 g/mol. The number of para-hydroxylation sites is 1. The van der Waals surface area contributed by atoms with Crippen molar-refractivity contribution in [3.8, 4) is 0 Å². The molecule has 0 spiro atoms. The van der Waals surface area contributed by atoms with Crippen molar-refractivity contribution >= 4 is 44.2 Å². The number of pyridine rings is 1. The van der Waals surface area contributed by atoms with Gasteiger partial charge in [-0.3, -0.25) is 14.5 Å². The molecule has 0 saturated carbocycles. The minimum Gasteiger partial charge on any atom is -0.335 e. The number of carbonyl (C=O) groups is 2. The van der Waals surface area contributed by atoms with E-state index in [2.05, 4.69) is 15.0 Å². The Balaban J connectivity index is 1.17. The molecule has 2 N–H and O–H groups in total. The summed E-state index contributed by atoms with van der Waals surface area (Å²) < 4.78 is 66.8.